The van der Waals surface area contributed by atoms with Gasteiger partial charge in [0.1, 0.15) is 0 Å². The van der Waals surface area contributed by atoms with Gasteiger partial charge in [-0.25, -0.2) is 9.97 Å². The van der Waals surface area contributed by atoms with E-state index in [-0.39, 0.29) is 36.6 Å². The first kappa shape index (κ1) is 24.6. The van der Waals surface area contributed by atoms with Crippen molar-refractivity contribution in [3.05, 3.63) is 18.5 Å². The summed E-state index contributed by atoms with van der Waals surface area (Å²) in [7, 11) is 0. The van der Waals surface area contributed by atoms with E-state index in [1.54, 1.807) is 18.5 Å². The molecule has 10 heteroatoms. The predicted molar refractivity (Wildman–Crippen MR) is 120 cm³/mol. The Morgan fingerprint density at radius 1 is 1.03 bits per heavy atom. The number of hydrogen-bond donors (Lipinski definition) is 2. The van der Waals surface area contributed by atoms with Crippen LogP contribution in [-0.4, -0.2) is 71.5 Å². The second kappa shape index (κ2) is 11.7. The van der Waals surface area contributed by atoms with E-state index in [0.29, 0.717) is 56.4 Å². The fourth-order valence-electron chi connectivity index (χ4n) is 4.75. The van der Waals surface area contributed by atoms with E-state index in [1.165, 1.54) is 12.8 Å². The quantitative estimate of drug-likeness (QED) is 0.669. The van der Waals surface area contributed by atoms with Crippen molar-refractivity contribution in [3.8, 4) is 0 Å². The number of halogens is 2. The molecule has 2 bridgehead atoms. The van der Waals surface area contributed by atoms with Crippen LogP contribution in [0.15, 0.2) is 18.5 Å². The zero-order chi connectivity index (χ0) is 19.3. The Bertz CT molecular complexity index is 675. The zero-order valence-corrected chi connectivity index (χ0v) is 18.8. The van der Waals surface area contributed by atoms with E-state index in [0.717, 1.165) is 25.9 Å². The number of carbonyl (C=O) groups excluding carboxylic acids is 2. The molecule has 168 valence electrons. The van der Waals surface area contributed by atoms with Gasteiger partial charge in [-0.2, -0.15) is 0 Å². The normalized spacial score (nSPS) is 25.1. The molecular weight excluding hydrogens is 427 g/mol. The summed E-state index contributed by atoms with van der Waals surface area (Å²) >= 11 is 0. The third-order valence-corrected chi connectivity index (χ3v) is 6.17. The Hall–Kier alpha value is -1.64. The first-order valence-electron chi connectivity index (χ1n) is 10.5. The molecule has 2 N–H and O–H groups in total. The molecule has 1 aromatic rings. The van der Waals surface area contributed by atoms with E-state index in [1.807, 2.05) is 4.90 Å². The molecule has 8 nitrogen and oxygen atoms in total. The van der Waals surface area contributed by atoms with Crippen LogP contribution in [0, 0.1) is 5.92 Å². The second-order valence-electron chi connectivity index (χ2n) is 8.20. The topological polar surface area (TPSA) is 90.5 Å². The van der Waals surface area contributed by atoms with Crippen molar-refractivity contribution in [1.82, 2.24) is 25.5 Å². The van der Waals surface area contributed by atoms with Crippen LogP contribution >= 0.6 is 24.8 Å². The molecule has 0 aromatic carbocycles. The van der Waals surface area contributed by atoms with Crippen LogP contribution in [0.3, 0.4) is 0 Å². The number of piperazine rings is 1. The average Bonchev–Trinajstić information content (AvgIpc) is 3.07. The standard InChI is InChI=1S/C20H30N6O2.2ClH/c27-18(14-15-12-16-2-3-17(13-15)24-16)21-7-4-19(28)25-8-10-26(11-9-25)20-22-5-1-6-23-20;;/h1,5-6,15-17,24H,2-4,7-14H2,(H,21,27);2*1H. The van der Waals surface area contributed by atoms with Crippen molar-refractivity contribution in [1.29, 1.82) is 0 Å². The van der Waals surface area contributed by atoms with Gasteiger partial charge in [-0.15, -0.1) is 24.8 Å². The SMILES string of the molecule is Cl.Cl.O=C(CC1CC2CCC(C1)N2)NCCC(=O)N1CCN(c2ncccn2)CC1. The van der Waals surface area contributed by atoms with Gasteiger partial charge in [0, 0.05) is 70.0 Å². The van der Waals surface area contributed by atoms with Gasteiger partial charge in [-0.3, -0.25) is 9.59 Å². The minimum atomic E-state index is 0. The number of amides is 2. The molecule has 0 saturated carbocycles. The summed E-state index contributed by atoms with van der Waals surface area (Å²) in [5, 5.41) is 6.56. The van der Waals surface area contributed by atoms with Crippen LogP contribution in [0.25, 0.3) is 0 Å². The van der Waals surface area contributed by atoms with E-state index in [9.17, 15) is 9.59 Å². The molecular formula is C20H32Cl2N6O2. The van der Waals surface area contributed by atoms with Crippen molar-refractivity contribution < 1.29 is 9.59 Å². The summed E-state index contributed by atoms with van der Waals surface area (Å²) < 4.78 is 0. The Kier molecular flexibility index (Phi) is 9.58. The zero-order valence-electron chi connectivity index (χ0n) is 17.2. The average molecular weight is 459 g/mol. The fraction of sp³-hybridized carbons (Fsp3) is 0.700. The minimum Gasteiger partial charge on any atom is -0.356 e. The van der Waals surface area contributed by atoms with Crippen molar-refractivity contribution in [2.75, 3.05) is 37.6 Å². The molecule has 1 aromatic heterocycles. The molecule has 0 aliphatic carbocycles. The number of carbonyl (C=O) groups is 2. The van der Waals surface area contributed by atoms with Crippen LogP contribution in [0.5, 0.6) is 0 Å². The Balaban J connectivity index is 0.00000160. The number of nitrogens with one attached hydrogen (secondary N) is 2. The predicted octanol–water partition coefficient (Wildman–Crippen LogP) is 1.40. The summed E-state index contributed by atoms with van der Waals surface area (Å²) in [6.45, 7) is 3.24. The number of piperidine rings is 1. The number of nitrogens with zero attached hydrogens (tertiary/aromatic N) is 4. The molecule has 2 amide bonds. The van der Waals surface area contributed by atoms with Crippen LogP contribution in [0.4, 0.5) is 5.95 Å². The fourth-order valence-corrected chi connectivity index (χ4v) is 4.75. The summed E-state index contributed by atoms with van der Waals surface area (Å²) in [6.07, 6.45) is 9.15. The highest BCUT2D eigenvalue weighted by molar-refractivity contribution is 5.85. The number of anilines is 1. The molecule has 4 rings (SSSR count). The Morgan fingerprint density at radius 2 is 1.67 bits per heavy atom. The maximum absolute atomic E-state index is 12.4. The maximum atomic E-state index is 12.4. The molecule has 3 saturated heterocycles. The molecule has 30 heavy (non-hydrogen) atoms. The molecule has 0 spiro atoms. The minimum absolute atomic E-state index is 0. The lowest BCUT2D eigenvalue weighted by molar-refractivity contribution is -0.131. The first-order chi connectivity index (χ1) is 13.7. The van der Waals surface area contributed by atoms with Crippen molar-refractivity contribution in [2.24, 2.45) is 5.92 Å². The van der Waals surface area contributed by atoms with Gasteiger partial charge >= 0.3 is 0 Å². The van der Waals surface area contributed by atoms with E-state index >= 15 is 0 Å². The Morgan fingerprint density at radius 3 is 2.30 bits per heavy atom. The number of rotatable bonds is 6. The molecule has 2 unspecified atom stereocenters. The highest BCUT2D eigenvalue weighted by atomic mass is 35.5. The smallest absolute Gasteiger partial charge is 0.225 e. The highest BCUT2D eigenvalue weighted by Gasteiger charge is 2.34. The summed E-state index contributed by atoms with van der Waals surface area (Å²) in [5.74, 6) is 1.40. The number of fused-ring (bicyclic) bond motifs is 2. The van der Waals surface area contributed by atoms with Crippen LogP contribution in [0.1, 0.15) is 38.5 Å². The summed E-state index contributed by atoms with van der Waals surface area (Å²) in [4.78, 5) is 37.1. The molecule has 2 atom stereocenters. The molecule has 3 aliphatic rings. The number of aromatic nitrogens is 2. The van der Waals surface area contributed by atoms with E-state index in [4.69, 9.17) is 0 Å². The number of hydrogen-bond acceptors (Lipinski definition) is 6. The third kappa shape index (κ3) is 6.43. The Labute approximate surface area is 190 Å². The lowest BCUT2D eigenvalue weighted by atomic mass is 9.89. The lowest BCUT2D eigenvalue weighted by Gasteiger charge is -2.34. The lowest BCUT2D eigenvalue weighted by Crippen LogP contribution is -2.49. The van der Waals surface area contributed by atoms with Crippen molar-refractivity contribution in [2.45, 2.75) is 50.6 Å². The molecule has 4 heterocycles. The van der Waals surface area contributed by atoms with Gasteiger partial charge in [0.25, 0.3) is 0 Å². The van der Waals surface area contributed by atoms with Crippen molar-refractivity contribution in [3.63, 3.8) is 0 Å². The van der Waals surface area contributed by atoms with Gasteiger partial charge in [-0.1, -0.05) is 0 Å². The van der Waals surface area contributed by atoms with Crippen LogP contribution in [0.2, 0.25) is 0 Å². The second-order valence-corrected chi connectivity index (χ2v) is 8.20. The van der Waals surface area contributed by atoms with Gasteiger partial charge in [0.15, 0.2) is 0 Å². The van der Waals surface area contributed by atoms with E-state index < -0.39 is 0 Å². The van der Waals surface area contributed by atoms with E-state index in [2.05, 4.69) is 25.5 Å². The summed E-state index contributed by atoms with van der Waals surface area (Å²) in [6, 6.07) is 3.02. The van der Waals surface area contributed by atoms with Gasteiger partial charge < -0.3 is 20.4 Å². The molecule has 0 radical (unpaired) electrons. The monoisotopic (exact) mass is 458 g/mol. The van der Waals surface area contributed by atoms with Gasteiger partial charge in [0.2, 0.25) is 17.8 Å². The van der Waals surface area contributed by atoms with Gasteiger partial charge in [-0.05, 0) is 37.7 Å². The molecule has 3 aliphatic heterocycles. The highest BCUT2D eigenvalue weighted by Crippen LogP contribution is 2.32. The van der Waals surface area contributed by atoms with Crippen LogP contribution < -0.4 is 15.5 Å². The largest absolute Gasteiger partial charge is 0.356 e. The molecule has 3 fully saturated rings. The summed E-state index contributed by atoms with van der Waals surface area (Å²) in [5.41, 5.74) is 0. The van der Waals surface area contributed by atoms with Gasteiger partial charge in [0.05, 0.1) is 0 Å². The maximum Gasteiger partial charge on any atom is 0.225 e. The van der Waals surface area contributed by atoms with Crippen LogP contribution in [-0.2, 0) is 9.59 Å². The third-order valence-electron chi connectivity index (χ3n) is 6.17. The van der Waals surface area contributed by atoms with Crippen molar-refractivity contribution >= 4 is 42.6 Å². The first-order valence-corrected chi connectivity index (χ1v) is 10.5.